The van der Waals surface area contributed by atoms with Crippen molar-refractivity contribution in [3.63, 3.8) is 0 Å². The molecule has 1 aromatic rings. The van der Waals surface area contributed by atoms with Crippen molar-refractivity contribution < 1.29 is 9.59 Å². The van der Waals surface area contributed by atoms with Crippen LogP contribution in [0.25, 0.3) is 0 Å². The highest BCUT2D eigenvalue weighted by molar-refractivity contribution is 6.40. The van der Waals surface area contributed by atoms with E-state index in [0.717, 1.165) is 30.6 Å². The molecule has 1 saturated heterocycles. The zero-order valence-corrected chi connectivity index (χ0v) is 13.8. The molecule has 0 radical (unpaired) electrons. The summed E-state index contributed by atoms with van der Waals surface area (Å²) >= 11 is 0. The maximum atomic E-state index is 12.8. The highest BCUT2D eigenvalue weighted by Crippen LogP contribution is 2.23. The third-order valence-corrected chi connectivity index (χ3v) is 4.62. The Morgan fingerprint density at radius 1 is 1.17 bits per heavy atom. The Morgan fingerprint density at radius 3 is 2.61 bits per heavy atom. The van der Waals surface area contributed by atoms with Gasteiger partial charge in [0.2, 0.25) is 5.91 Å². The number of benzene rings is 1. The quantitative estimate of drug-likeness (QED) is 0.843. The van der Waals surface area contributed by atoms with Crippen molar-refractivity contribution in [1.82, 2.24) is 4.90 Å². The minimum absolute atomic E-state index is 0.0122. The SMILES string of the molecule is Cc1ccc(N2N=C(C(=O)N3CCCCC3C)CCC2=O)cc1. The monoisotopic (exact) mass is 313 g/mol. The number of hydrogen-bond donors (Lipinski definition) is 0. The molecule has 0 saturated carbocycles. The number of piperidine rings is 1. The highest BCUT2D eigenvalue weighted by Gasteiger charge is 2.31. The Balaban J connectivity index is 1.84. The first-order chi connectivity index (χ1) is 11.1. The van der Waals surface area contributed by atoms with Crippen LogP contribution < -0.4 is 5.01 Å². The number of carbonyl (C=O) groups excluding carboxylic acids is 2. The summed E-state index contributed by atoms with van der Waals surface area (Å²) in [5.41, 5.74) is 2.34. The lowest BCUT2D eigenvalue weighted by molar-refractivity contribution is -0.127. The van der Waals surface area contributed by atoms with E-state index in [1.807, 2.05) is 36.1 Å². The molecule has 0 spiro atoms. The summed E-state index contributed by atoms with van der Waals surface area (Å²) in [6.45, 7) is 4.87. The van der Waals surface area contributed by atoms with Gasteiger partial charge in [-0.2, -0.15) is 5.10 Å². The van der Waals surface area contributed by atoms with Crippen molar-refractivity contribution in [2.24, 2.45) is 5.10 Å². The fourth-order valence-electron chi connectivity index (χ4n) is 3.16. The fraction of sp³-hybridized carbons (Fsp3) is 0.500. The number of rotatable bonds is 2. The maximum Gasteiger partial charge on any atom is 0.270 e. The number of amides is 2. The summed E-state index contributed by atoms with van der Waals surface area (Å²) in [6, 6.07) is 7.88. The molecule has 3 rings (SSSR count). The van der Waals surface area contributed by atoms with Crippen LogP contribution in [-0.4, -0.2) is 35.0 Å². The summed E-state index contributed by atoms with van der Waals surface area (Å²) in [7, 11) is 0. The van der Waals surface area contributed by atoms with Gasteiger partial charge in [0.25, 0.3) is 5.91 Å². The third kappa shape index (κ3) is 3.28. The van der Waals surface area contributed by atoms with Crippen molar-refractivity contribution in [3.05, 3.63) is 29.8 Å². The second-order valence-corrected chi connectivity index (χ2v) is 6.43. The predicted molar refractivity (Wildman–Crippen MR) is 90.4 cm³/mol. The van der Waals surface area contributed by atoms with Crippen LogP contribution in [0.3, 0.4) is 0 Å². The maximum absolute atomic E-state index is 12.8. The van der Waals surface area contributed by atoms with Crippen LogP contribution in [0.1, 0.15) is 44.6 Å². The lowest BCUT2D eigenvalue weighted by Crippen LogP contribution is -2.47. The van der Waals surface area contributed by atoms with Gasteiger partial charge >= 0.3 is 0 Å². The van der Waals surface area contributed by atoms with E-state index in [1.54, 1.807) is 0 Å². The van der Waals surface area contributed by atoms with Gasteiger partial charge in [0.15, 0.2) is 0 Å². The van der Waals surface area contributed by atoms with E-state index in [0.29, 0.717) is 18.6 Å². The molecule has 0 aliphatic carbocycles. The largest absolute Gasteiger partial charge is 0.335 e. The van der Waals surface area contributed by atoms with Gasteiger partial charge in [0.1, 0.15) is 5.71 Å². The molecule has 23 heavy (non-hydrogen) atoms. The minimum Gasteiger partial charge on any atom is -0.335 e. The molecular formula is C18H23N3O2. The van der Waals surface area contributed by atoms with Gasteiger partial charge in [-0.3, -0.25) is 9.59 Å². The van der Waals surface area contributed by atoms with Crippen LogP contribution in [0.2, 0.25) is 0 Å². The van der Waals surface area contributed by atoms with Crippen LogP contribution in [-0.2, 0) is 9.59 Å². The van der Waals surface area contributed by atoms with E-state index >= 15 is 0 Å². The van der Waals surface area contributed by atoms with Gasteiger partial charge in [-0.05, 0) is 45.2 Å². The van der Waals surface area contributed by atoms with E-state index < -0.39 is 0 Å². The average molecular weight is 313 g/mol. The molecule has 2 heterocycles. The first-order valence-corrected chi connectivity index (χ1v) is 8.34. The number of nitrogens with zero attached hydrogens (tertiary/aromatic N) is 3. The molecule has 2 amide bonds. The molecule has 2 aliphatic heterocycles. The van der Waals surface area contributed by atoms with Gasteiger partial charge in [0.05, 0.1) is 5.69 Å². The van der Waals surface area contributed by atoms with Gasteiger partial charge < -0.3 is 4.90 Å². The van der Waals surface area contributed by atoms with Gasteiger partial charge in [-0.1, -0.05) is 17.7 Å². The van der Waals surface area contributed by atoms with Crippen LogP contribution >= 0.6 is 0 Å². The Labute approximate surface area is 137 Å². The first-order valence-electron chi connectivity index (χ1n) is 8.34. The summed E-state index contributed by atoms with van der Waals surface area (Å²) in [4.78, 5) is 26.8. The van der Waals surface area contributed by atoms with Crippen LogP contribution in [0.15, 0.2) is 29.4 Å². The lowest BCUT2D eigenvalue weighted by atomic mass is 10.0. The Hall–Kier alpha value is -2.17. The zero-order valence-electron chi connectivity index (χ0n) is 13.8. The number of hydrogen-bond acceptors (Lipinski definition) is 3. The Kier molecular flexibility index (Phi) is 4.46. The molecule has 1 aromatic carbocycles. The summed E-state index contributed by atoms with van der Waals surface area (Å²) in [5.74, 6) is -0.0705. The number of likely N-dealkylation sites (tertiary alicyclic amines) is 1. The smallest absolute Gasteiger partial charge is 0.270 e. The highest BCUT2D eigenvalue weighted by atomic mass is 16.2. The van der Waals surface area contributed by atoms with Crippen molar-refractivity contribution in [2.75, 3.05) is 11.6 Å². The number of aryl methyl sites for hydroxylation is 1. The molecule has 0 N–H and O–H groups in total. The zero-order chi connectivity index (χ0) is 16.4. The molecule has 0 bridgehead atoms. The summed E-state index contributed by atoms with van der Waals surface area (Å²) < 4.78 is 0. The van der Waals surface area contributed by atoms with E-state index in [9.17, 15) is 9.59 Å². The van der Waals surface area contributed by atoms with Gasteiger partial charge in [0, 0.05) is 25.4 Å². The van der Waals surface area contributed by atoms with Crippen molar-refractivity contribution in [3.8, 4) is 0 Å². The second kappa shape index (κ2) is 6.52. The first kappa shape index (κ1) is 15.7. The molecular weight excluding hydrogens is 290 g/mol. The van der Waals surface area contributed by atoms with Gasteiger partial charge in [-0.15, -0.1) is 0 Å². The normalized spacial score (nSPS) is 22.1. The van der Waals surface area contributed by atoms with Crippen LogP contribution in [0.4, 0.5) is 5.69 Å². The van der Waals surface area contributed by atoms with Gasteiger partial charge in [-0.25, -0.2) is 5.01 Å². The fourth-order valence-corrected chi connectivity index (χ4v) is 3.16. The summed E-state index contributed by atoms with van der Waals surface area (Å²) in [6.07, 6.45) is 4.03. The van der Waals surface area contributed by atoms with E-state index in [-0.39, 0.29) is 17.9 Å². The molecule has 1 unspecified atom stereocenters. The Morgan fingerprint density at radius 2 is 1.91 bits per heavy atom. The van der Waals surface area contributed by atoms with Crippen molar-refractivity contribution in [1.29, 1.82) is 0 Å². The standard InChI is InChI=1S/C18H23N3O2/c1-13-6-8-15(9-7-13)21-17(22)11-10-16(19-21)18(23)20-12-4-3-5-14(20)2/h6-9,14H,3-5,10-12H2,1-2H3. The molecule has 122 valence electrons. The van der Waals surface area contributed by atoms with Crippen molar-refractivity contribution in [2.45, 2.75) is 52.0 Å². The van der Waals surface area contributed by atoms with E-state index in [1.165, 1.54) is 11.4 Å². The minimum atomic E-state index is -0.0582. The topological polar surface area (TPSA) is 53.0 Å². The number of anilines is 1. The van der Waals surface area contributed by atoms with Crippen molar-refractivity contribution >= 4 is 23.2 Å². The average Bonchev–Trinajstić information content (AvgIpc) is 2.56. The molecule has 0 aromatic heterocycles. The predicted octanol–water partition coefficient (Wildman–Crippen LogP) is 2.88. The van der Waals surface area contributed by atoms with Crippen LogP contribution in [0.5, 0.6) is 0 Å². The molecule has 5 nitrogen and oxygen atoms in total. The molecule has 2 aliphatic rings. The second-order valence-electron chi connectivity index (χ2n) is 6.43. The van der Waals surface area contributed by atoms with Crippen LogP contribution in [0, 0.1) is 6.92 Å². The number of hydrazone groups is 1. The molecule has 1 fully saturated rings. The Bertz CT molecular complexity index is 636. The van der Waals surface area contributed by atoms with E-state index in [2.05, 4.69) is 12.0 Å². The number of carbonyl (C=O) groups is 2. The molecule has 1 atom stereocenters. The molecule has 5 heteroatoms. The third-order valence-electron chi connectivity index (χ3n) is 4.62. The van der Waals surface area contributed by atoms with E-state index in [4.69, 9.17) is 0 Å². The summed E-state index contributed by atoms with van der Waals surface area (Å²) in [5, 5.41) is 5.76. The lowest BCUT2D eigenvalue weighted by Gasteiger charge is -2.34.